The largest absolute Gasteiger partial charge is 0.447 e. The van der Waals surface area contributed by atoms with Gasteiger partial charge in [0.1, 0.15) is 12.7 Å². The van der Waals surface area contributed by atoms with E-state index in [1.807, 2.05) is 14.1 Å². The molecule has 2 amide bonds. The Hall–Kier alpha value is -5.04. The van der Waals surface area contributed by atoms with Crippen molar-refractivity contribution >= 4 is 12.2 Å². The Kier molecular flexibility index (Phi) is 22.6. The van der Waals surface area contributed by atoms with Crippen molar-refractivity contribution in [2.45, 2.75) is 39.9 Å². The molecule has 0 radical (unpaired) electrons. The molecule has 0 aromatic carbocycles. The molecule has 0 saturated carbocycles. The van der Waals surface area contributed by atoms with Crippen molar-refractivity contribution in [3.63, 3.8) is 0 Å². The molecular formula is C20H40N16O4. The highest BCUT2D eigenvalue weighted by Crippen LogP contribution is 1.86. The van der Waals surface area contributed by atoms with E-state index < -0.39 is 0 Å². The summed E-state index contributed by atoms with van der Waals surface area (Å²) in [6, 6.07) is 0. The molecule has 0 aliphatic carbocycles. The third kappa shape index (κ3) is 27.5. The summed E-state index contributed by atoms with van der Waals surface area (Å²) in [5.41, 5.74) is 0. The van der Waals surface area contributed by atoms with Crippen LogP contribution in [0.25, 0.3) is 0 Å². The summed E-state index contributed by atoms with van der Waals surface area (Å²) in [7, 11) is 10.2. The van der Waals surface area contributed by atoms with E-state index in [2.05, 4.69) is 71.8 Å². The van der Waals surface area contributed by atoms with Gasteiger partial charge in [-0.1, -0.05) is 10.4 Å². The third-order valence-electron chi connectivity index (χ3n) is 3.08. The molecule has 0 saturated heterocycles. The molecule has 20 nitrogen and oxygen atoms in total. The number of nitrogens with zero attached hydrogens (tertiary/aromatic N) is 14. The Labute approximate surface area is 232 Å². The van der Waals surface area contributed by atoms with Crippen LogP contribution in [0.15, 0.2) is 37.4 Å². The molecule has 4 heterocycles. The summed E-state index contributed by atoms with van der Waals surface area (Å²) >= 11 is 0. The molecule has 20 heteroatoms. The van der Waals surface area contributed by atoms with Gasteiger partial charge in [0.2, 0.25) is 0 Å². The van der Waals surface area contributed by atoms with E-state index in [-0.39, 0.29) is 24.4 Å². The normalized spacial score (nSPS) is 8.90. The summed E-state index contributed by atoms with van der Waals surface area (Å²) in [6.45, 7) is 7.20. The van der Waals surface area contributed by atoms with Gasteiger partial charge in [-0.05, 0) is 48.5 Å². The molecule has 224 valence electrons. The monoisotopic (exact) mass is 568 g/mol. The van der Waals surface area contributed by atoms with Crippen LogP contribution < -0.4 is 10.6 Å². The summed E-state index contributed by atoms with van der Waals surface area (Å²) in [6.07, 6.45) is 9.07. The number of nitrogens with one attached hydrogen (secondary N) is 2. The van der Waals surface area contributed by atoms with Crippen molar-refractivity contribution in [1.82, 2.24) is 81.0 Å². The van der Waals surface area contributed by atoms with Crippen molar-refractivity contribution in [3.8, 4) is 0 Å². The molecule has 0 atom stereocenters. The number of aryl methyl sites for hydroxylation is 4. The fourth-order valence-corrected chi connectivity index (χ4v) is 1.49. The van der Waals surface area contributed by atoms with Crippen molar-refractivity contribution in [3.05, 3.63) is 37.4 Å². The van der Waals surface area contributed by atoms with Crippen LogP contribution in [0, 0.1) is 0 Å². The Balaban J connectivity index is 0. The van der Waals surface area contributed by atoms with E-state index in [1.54, 1.807) is 75.9 Å². The molecule has 4 aromatic heterocycles. The summed E-state index contributed by atoms with van der Waals surface area (Å²) in [4.78, 5) is 20.6. The number of rotatable bonds is 2. The summed E-state index contributed by atoms with van der Waals surface area (Å²) in [5.74, 6) is 0. The number of tetrazole rings is 2. The van der Waals surface area contributed by atoms with Crippen LogP contribution in [0.3, 0.4) is 0 Å². The second-order valence-electron chi connectivity index (χ2n) is 7.53. The number of hydrogen-bond acceptors (Lipinski definition) is 14. The lowest BCUT2D eigenvalue weighted by Gasteiger charge is -2.04. The first-order chi connectivity index (χ1) is 18.9. The van der Waals surface area contributed by atoms with Crippen LogP contribution in [0.1, 0.15) is 27.7 Å². The standard InChI is InChI=1S/2C5H11NO2.2C3H5N3.2C2H4N4/c2*1-4(2)8-5(7)6-3;2*1-6-3-2-4-5-6;2*1-6-2-3-4-5-6/h2*4H,1-3H3,(H,6,7);2*2-3H,1H3;2*2H,1H3. The molecule has 4 aromatic rings. The Bertz CT molecular complexity index is 902. The third-order valence-corrected chi connectivity index (χ3v) is 3.08. The molecule has 40 heavy (non-hydrogen) atoms. The van der Waals surface area contributed by atoms with Gasteiger partial charge in [-0.3, -0.25) is 9.36 Å². The number of ether oxygens (including phenoxy) is 2. The quantitative estimate of drug-likeness (QED) is 0.312. The van der Waals surface area contributed by atoms with E-state index in [0.717, 1.165) is 0 Å². The summed E-state index contributed by atoms with van der Waals surface area (Å²) in [5, 5.41) is 39.3. The highest BCUT2D eigenvalue weighted by Gasteiger charge is 1.99. The zero-order valence-electron chi connectivity index (χ0n) is 24.5. The first kappa shape index (κ1) is 37.1. The van der Waals surface area contributed by atoms with Gasteiger partial charge in [0, 0.05) is 54.7 Å². The van der Waals surface area contributed by atoms with Gasteiger partial charge in [0.25, 0.3) is 0 Å². The smallest absolute Gasteiger partial charge is 0.407 e. The van der Waals surface area contributed by atoms with Crippen molar-refractivity contribution in [2.24, 2.45) is 28.2 Å². The average molecular weight is 569 g/mol. The van der Waals surface area contributed by atoms with Crippen LogP contribution >= 0.6 is 0 Å². The maximum atomic E-state index is 10.3. The number of carbonyl (C=O) groups is 2. The van der Waals surface area contributed by atoms with Crippen molar-refractivity contribution < 1.29 is 19.1 Å². The first-order valence-electron chi connectivity index (χ1n) is 11.6. The first-order valence-corrected chi connectivity index (χ1v) is 11.6. The topological polar surface area (TPSA) is 225 Å². The lowest BCUT2D eigenvalue weighted by molar-refractivity contribution is 0.116. The molecular weight excluding hydrogens is 528 g/mol. The number of aromatic nitrogens is 14. The van der Waals surface area contributed by atoms with Crippen LogP contribution in [0.5, 0.6) is 0 Å². The fraction of sp³-hybridized carbons (Fsp3) is 0.600. The predicted molar refractivity (Wildman–Crippen MR) is 141 cm³/mol. The van der Waals surface area contributed by atoms with Crippen LogP contribution in [0.2, 0.25) is 0 Å². The van der Waals surface area contributed by atoms with Crippen LogP contribution in [-0.4, -0.2) is 109 Å². The maximum Gasteiger partial charge on any atom is 0.407 e. The Morgan fingerprint density at radius 1 is 0.600 bits per heavy atom. The van der Waals surface area contributed by atoms with Crippen molar-refractivity contribution in [1.29, 1.82) is 0 Å². The van der Waals surface area contributed by atoms with Gasteiger partial charge in [0.05, 0.1) is 24.6 Å². The van der Waals surface area contributed by atoms with E-state index in [1.165, 1.54) is 36.1 Å². The van der Waals surface area contributed by atoms with Crippen LogP contribution in [0.4, 0.5) is 9.59 Å². The molecule has 0 unspecified atom stereocenters. The minimum absolute atomic E-state index is 0.0325. The Morgan fingerprint density at radius 2 is 0.950 bits per heavy atom. The van der Waals surface area contributed by atoms with Gasteiger partial charge in [-0.25, -0.2) is 19.0 Å². The molecule has 0 aliphatic heterocycles. The van der Waals surface area contributed by atoms with Gasteiger partial charge in [0.15, 0.2) is 0 Å². The van der Waals surface area contributed by atoms with Gasteiger partial charge in [-0.15, -0.1) is 20.4 Å². The Morgan fingerprint density at radius 3 is 1.02 bits per heavy atom. The maximum absolute atomic E-state index is 10.3. The molecule has 0 bridgehead atoms. The number of amides is 2. The molecule has 0 aliphatic rings. The van der Waals surface area contributed by atoms with Gasteiger partial charge < -0.3 is 20.1 Å². The highest BCUT2D eigenvalue weighted by atomic mass is 16.6. The minimum atomic E-state index is -0.375. The lowest BCUT2D eigenvalue weighted by Crippen LogP contribution is -2.22. The minimum Gasteiger partial charge on any atom is -0.447 e. The van der Waals surface area contributed by atoms with Gasteiger partial charge in [-0.2, -0.15) is 0 Å². The van der Waals surface area contributed by atoms with Gasteiger partial charge >= 0.3 is 12.2 Å². The number of carbonyl (C=O) groups excluding carboxylic acids is 2. The predicted octanol–water partition coefficient (Wildman–Crippen LogP) is -0.448. The van der Waals surface area contributed by atoms with E-state index >= 15 is 0 Å². The molecule has 0 fully saturated rings. The second-order valence-corrected chi connectivity index (χ2v) is 7.53. The van der Waals surface area contributed by atoms with Crippen LogP contribution in [-0.2, 0) is 37.7 Å². The lowest BCUT2D eigenvalue weighted by atomic mass is 10.5. The highest BCUT2D eigenvalue weighted by molar-refractivity contribution is 5.67. The SMILES string of the molecule is CNC(=O)OC(C)C.CNC(=O)OC(C)C.Cn1ccnn1.Cn1ccnn1.Cn1cnnn1.Cn1cnnn1. The zero-order chi connectivity index (χ0) is 30.8. The average Bonchev–Trinajstić information content (AvgIpc) is 3.72. The molecule has 2 N–H and O–H groups in total. The number of hydrogen-bond donors (Lipinski definition) is 2. The molecule has 4 rings (SSSR count). The van der Waals surface area contributed by atoms with E-state index in [9.17, 15) is 9.59 Å². The van der Waals surface area contributed by atoms with Crippen molar-refractivity contribution in [2.75, 3.05) is 14.1 Å². The zero-order valence-corrected chi connectivity index (χ0v) is 24.5. The fourth-order valence-electron chi connectivity index (χ4n) is 1.49. The van der Waals surface area contributed by atoms with E-state index in [4.69, 9.17) is 0 Å². The molecule has 0 spiro atoms. The second kappa shape index (κ2) is 24.3. The number of alkyl carbamates (subject to hydrolysis) is 2. The summed E-state index contributed by atoms with van der Waals surface area (Å²) < 4.78 is 15.6. The van der Waals surface area contributed by atoms with E-state index in [0.29, 0.717) is 0 Å².